The zero-order chi connectivity index (χ0) is 24.4. The number of nitrogen functional groups attached to an aromatic ring is 1. The number of hydrogen-bond acceptors (Lipinski definition) is 6. The summed E-state index contributed by atoms with van der Waals surface area (Å²) in [5.41, 5.74) is 7.48. The van der Waals surface area contributed by atoms with Gasteiger partial charge >= 0.3 is 5.69 Å². The second kappa shape index (κ2) is 9.35. The van der Waals surface area contributed by atoms with Crippen molar-refractivity contribution in [2.45, 2.75) is 19.9 Å². The lowest BCUT2D eigenvalue weighted by atomic mass is 10.1. The fraction of sp³-hybridized carbons (Fsp3) is 0.231. The van der Waals surface area contributed by atoms with Crippen molar-refractivity contribution in [3.05, 3.63) is 71.4 Å². The van der Waals surface area contributed by atoms with Crippen molar-refractivity contribution in [3.8, 4) is 29.0 Å². The molecule has 1 aliphatic rings. The summed E-state index contributed by atoms with van der Waals surface area (Å²) >= 11 is 0. The van der Waals surface area contributed by atoms with Crippen LogP contribution >= 0.6 is 0 Å². The van der Waals surface area contributed by atoms with Crippen LogP contribution in [-0.4, -0.2) is 43.0 Å². The molecular formula is C26H24N6O3. The largest absolute Gasteiger partial charge is 0.457 e. The predicted octanol–water partition coefficient (Wildman–Crippen LogP) is 2.83. The number of amides is 1. The molecule has 35 heavy (non-hydrogen) atoms. The molecule has 1 unspecified atom stereocenters. The summed E-state index contributed by atoms with van der Waals surface area (Å²) in [6.07, 6.45) is 2.14. The lowest BCUT2D eigenvalue weighted by Crippen LogP contribution is -2.30. The number of anilines is 1. The molecule has 1 fully saturated rings. The van der Waals surface area contributed by atoms with Crippen LogP contribution in [0.3, 0.4) is 0 Å². The Morgan fingerprint density at radius 3 is 2.60 bits per heavy atom. The molecule has 1 atom stereocenters. The average Bonchev–Trinajstić information content (AvgIpc) is 3.45. The minimum absolute atomic E-state index is 0.104. The van der Waals surface area contributed by atoms with Crippen LogP contribution in [-0.2, 0) is 11.3 Å². The number of fused-ring (bicyclic) bond motifs is 1. The van der Waals surface area contributed by atoms with E-state index in [1.165, 1.54) is 10.9 Å². The standard InChI is InChI=1S/C26H24N6O3/c1-2-6-22(33)30-14-13-18(15-30)16-31-25-23(24(27)28-17-29-25)32(26(31)34)19-9-11-21(12-10-19)35-20-7-4-3-5-8-20/h3-5,7-12,17-18H,13-16H2,1H3,(H2,27,28,29). The number of para-hydroxylation sites is 1. The fourth-order valence-electron chi connectivity index (χ4n) is 4.40. The zero-order valence-corrected chi connectivity index (χ0v) is 19.2. The van der Waals surface area contributed by atoms with E-state index in [4.69, 9.17) is 10.5 Å². The number of imidazole rings is 1. The Hall–Kier alpha value is -4.58. The number of benzene rings is 2. The third kappa shape index (κ3) is 4.34. The molecule has 2 aromatic carbocycles. The quantitative estimate of drug-likeness (QED) is 0.451. The summed E-state index contributed by atoms with van der Waals surface area (Å²) in [5.74, 6) is 6.74. The predicted molar refractivity (Wildman–Crippen MR) is 132 cm³/mol. The van der Waals surface area contributed by atoms with Gasteiger partial charge in [-0.1, -0.05) is 24.1 Å². The van der Waals surface area contributed by atoms with Gasteiger partial charge in [0.2, 0.25) is 0 Å². The summed E-state index contributed by atoms with van der Waals surface area (Å²) in [6, 6.07) is 16.7. The van der Waals surface area contributed by atoms with Crippen LogP contribution in [0.5, 0.6) is 11.5 Å². The molecule has 0 spiro atoms. The van der Waals surface area contributed by atoms with Crippen LogP contribution in [0, 0.1) is 17.8 Å². The Labute approximate surface area is 201 Å². The monoisotopic (exact) mass is 468 g/mol. The first kappa shape index (κ1) is 22.2. The fourth-order valence-corrected chi connectivity index (χ4v) is 4.40. The molecule has 0 radical (unpaired) electrons. The molecule has 2 aromatic heterocycles. The number of nitrogens with two attached hydrogens (primary N) is 1. The highest BCUT2D eigenvalue weighted by Crippen LogP contribution is 2.26. The summed E-state index contributed by atoms with van der Waals surface area (Å²) in [5, 5.41) is 0. The van der Waals surface area contributed by atoms with Gasteiger partial charge in [-0.15, -0.1) is 0 Å². The van der Waals surface area contributed by atoms with Gasteiger partial charge in [-0.2, -0.15) is 0 Å². The average molecular weight is 469 g/mol. The highest BCUT2D eigenvalue weighted by Gasteiger charge is 2.28. The number of likely N-dealkylation sites (tertiary alicyclic amines) is 1. The first-order valence-corrected chi connectivity index (χ1v) is 11.3. The van der Waals surface area contributed by atoms with Crippen LogP contribution in [0.1, 0.15) is 13.3 Å². The number of ether oxygens (including phenoxy) is 1. The van der Waals surface area contributed by atoms with E-state index in [1.807, 2.05) is 30.3 Å². The normalized spacial score (nSPS) is 15.1. The lowest BCUT2D eigenvalue weighted by molar-refractivity contribution is -0.124. The van der Waals surface area contributed by atoms with Crippen molar-refractivity contribution in [2.24, 2.45) is 5.92 Å². The van der Waals surface area contributed by atoms with Crippen LogP contribution in [0.4, 0.5) is 5.82 Å². The van der Waals surface area contributed by atoms with Gasteiger partial charge in [0.05, 0.1) is 5.69 Å². The zero-order valence-electron chi connectivity index (χ0n) is 19.2. The minimum Gasteiger partial charge on any atom is -0.457 e. The van der Waals surface area contributed by atoms with E-state index in [9.17, 15) is 9.59 Å². The maximum atomic E-state index is 13.6. The molecule has 1 amide bonds. The van der Waals surface area contributed by atoms with Crippen molar-refractivity contribution >= 4 is 22.9 Å². The van der Waals surface area contributed by atoms with Crippen LogP contribution < -0.4 is 16.2 Å². The number of aromatic nitrogens is 4. The molecule has 176 valence electrons. The van der Waals surface area contributed by atoms with Crippen molar-refractivity contribution in [2.75, 3.05) is 18.8 Å². The van der Waals surface area contributed by atoms with Gasteiger partial charge in [0, 0.05) is 19.6 Å². The van der Waals surface area contributed by atoms with Gasteiger partial charge in [0.15, 0.2) is 11.5 Å². The summed E-state index contributed by atoms with van der Waals surface area (Å²) in [6.45, 7) is 3.21. The second-order valence-electron chi connectivity index (χ2n) is 8.35. The molecule has 2 N–H and O–H groups in total. The van der Waals surface area contributed by atoms with Gasteiger partial charge in [0.1, 0.15) is 23.3 Å². The Kier molecular flexibility index (Phi) is 5.94. The van der Waals surface area contributed by atoms with Crippen molar-refractivity contribution in [3.63, 3.8) is 0 Å². The summed E-state index contributed by atoms with van der Waals surface area (Å²) in [4.78, 5) is 35.9. The van der Waals surface area contributed by atoms with Gasteiger partial charge in [0.25, 0.3) is 5.91 Å². The molecule has 1 aliphatic heterocycles. The molecule has 9 nitrogen and oxygen atoms in total. The van der Waals surface area contributed by atoms with Crippen LogP contribution in [0.2, 0.25) is 0 Å². The number of hydrogen-bond donors (Lipinski definition) is 1. The molecule has 9 heteroatoms. The molecule has 3 heterocycles. The minimum atomic E-state index is -0.262. The van der Waals surface area contributed by atoms with E-state index < -0.39 is 0 Å². The number of carbonyl (C=O) groups is 1. The highest BCUT2D eigenvalue weighted by molar-refractivity contribution is 5.93. The second-order valence-corrected chi connectivity index (χ2v) is 8.35. The SMILES string of the molecule is CC#CC(=O)N1CCC(Cn2c(=O)n(-c3ccc(Oc4ccccc4)cc3)c3c(N)ncnc32)C1. The van der Waals surface area contributed by atoms with E-state index in [1.54, 1.807) is 40.7 Å². The van der Waals surface area contributed by atoms with Gasteiger partial charge < -0.3 is 15.4 Å². The summed E-state index contributed by atoms with van der Waals surface area (Å²) < 4.78 is 9.01. The van der Waals surface area contributed by atoms with Gasteiger partial charge in [-0.25, -0.2) is 14.8 Å². The van der Waals surface area contributed by atoms with Crippen molar-refractivity contribution in [1.29, 1.82) is 0 Å². The molecule has 0 saturated carbocycles. The van der Waals surface area contributed by atoms with E-state index in [2.05, 4.69) is 21.8 Å². The van der Waals surface area contributed by atoms with E-state index in [0.29, 0.717) is 42.2 Å². The van der Waals surface area contributed by atoms with E-state index >= 15 is 0 Å². The Morgan fingerprint density at radius 2 is 1.86 bits per heavy atom. The maximum absolute atomic E-state index is 13.6. The summed E-state index contributed by atoms with van der Waals surface area (Å²) in [7, 11) is 0. The maximum Gasteiger partial charge on any atom is 0.335 e. The van der Waals surface area contributed by atoms with E-state index in [-0.39, 0.29) is 23.3 Å². The smallest absolute Gasteiger partial charge is 0.335 e. The van der Waals surface area contributed by atoms with Crippen molar-refractivity contribution in [1.82, 2.24) is 24.0 Å². The van der Waals surface area contributed by atoms with Crippen LogP contribution in [0.15, 0.2) is 65.7 Å². The topological polar surface area (TPSA) is 108 Å². The Morgan fingerprint density at radius 1 is 1.11 bits per heavy atom. The lowest BCUT2D eigenvalue weighted by Gasteiger charge is -2.13. The third-order valence-electron chi connectivity index (χ3n) is 6.05. The molecule has 0 aliphatic carbocycles. The number of carbonyl (C=O) groups excluding carboxylic acids is 1. The highest BCUT2D eigenvalue weighted by atomic mass is 16.5. The van der Waals surface area contributed by atoms with Gasteiger partial charge in [-0.05, 0) is 61.6 Å². The first-order valence-electron chi connectivity index (χ1n) is 11.3. The molecule has 5 rings (SSSR count). The Balaban J connectivity index is 1.47. The molecular weight excluding hydrogens is 444 g/mol. The molecule has 0 bridgehead atoms. The Bertz CT molecular complexity index is 1500. The number of nitrogens with zero attached hydrogens (tertiary/aromatic N) is 5. The number of rotatable bonds is 5. The molecule has 1 saturated heterocycles. The third-order valence-corrected chi connectivity index (χ3v) is 6.05. The van der Waals surface area contributed by atoms with Crippen LogP contribution in [0.25, 0.3) is 16.9 Å². The first-order chi connectivity index (χ1) is 17.0. The van der Waals surface area contributed by atoms with Gasteiger partial charge in [-0.3, -0.25) is 13.9 Å². The molecule has 4 aromatic rings. The van der Waals surface area contributed by atoms with E-state index in [0.717, 1.165) is 12.2 Å². The van der Waals surface area contributed by atoms with Crippen molar-refractivity contribution < 1.29 is 9.53 Å².